The zero-order valence-electron chi connectivity index (χ0n) is 16.3. The molecular formula is C24H17N3O4. The number of esters is 1. The zero-order valence-corrected chi connectivity index (χ0v) is 16.3. The minimum Gasteiger partial charge on any atom is -0.478 e. The summed E-state index contributed by atoms with van der Waals surface area (Å²) in [7, 11) is 0. The van der Waals surface area contributed by atoms with Crippen molar-refractivity contribution in [3.8, 4) is 11.3 Å². The molecule has 0 bridgehead atoms. The van der Waals surface area contributed by atoms with Gasteiger partial charge in [-0.2, -0.15) is 0 Å². The molecule has 152 valence electrons. The van der Waals surface area contributed by atoms with Crippen molar-refractivity contribution < 1.29 is 19.4 Å². The van der Waals surface area contributed by atoms with E-state index in [0.29, 0.717) is 28.0 Å². The number of carbonyl (C=O) groups is 2. The maximum Gasteiger partial charge on any atom is 0.359 e. The second-order valence-corrected chi connectivity index (χ2v) is 6.62. The van der Waals surface area contributed by atoms with E-state index in [1.807, 2.05) is 30.3 Å². The van der Waals surface area contributed by atoms with Gasteiger partial charge in [-0.1, -0.05) is 54.6 Å². The van der Waals surface area contributed by atoms with Crippen LogP contribution in [-0.4, -0.2) is 32.0 Å². The lowest BCUT2D eigenvalue weighted by Crippen LogP contribution is -2.11. The molecule has 2 aromatic heterocycles. The van der Waals surface area contributed by atoms with Gasteiger partial charge in [0.2, 0.25) is 0 Å². The van der Waals surface area contributed by atoms with Crippen LogP contribution in [0.1, 0.15) is 21.6 Å². The number of fused-ring (bicyclic) bond motifs is 1. The van der Waals surface area contributed by atoms with Crippen LogP contribution in [-0.2, 0) is 16.1 Å². The summed E-state index contributed by atoms with van der Waals surface area (Å²) in [5, 5.41) is 8.78. The first-order valence-corrected chi connectivity index (χ1v) is 9.45. The minimum atomic E-state index is -1.03. The van der Waals surface area contributed by atoms with E-state index in [2.05, 4.69) is 15.0 Å². The number of aliphatic carboxylic acids is 1. The second-order valence-electron chi connectivity index (χ2n) is 6.62. The average molecular weight is 411 g/mol. The Hall–Kier alpha value is -4.39. The van der Waals surface area contributed by atoms with Crippen LogP contribution in [0.4, 0.5) is 0 Å². The molecule has 0 saturated heterocycles. The van der Waals surface area contributed by atoms with Gasteiger partial charge in [-0.25, -0.2) is 24.5 Å². The number of hydrogen-bond donors (Lipinski definition) is 1. The summed E-state index contributed by atoms with van der Waals surface area (Å²) in [5.41, 5.74) is 3.54. The van der Waals surface area contributed by atoms with E-state index in [0.717, 1.165) is 11.6 Å². The predicted molar refractivity (Wildman–Crippen MR) is 115 cm³/mol. The smallest absolute Gasteiger partial charge is 0.359 e. The molecule has 0 unspecified atom stereocenters. The number of carboxylic acid groups (broad SMARTS) is 1. The summed E-state index contributed by atoms with van der Waals surface area (Å²) in [6, 6.07) is 19.9. The molecule has 0 aliphatic rings. The van der Waals surface area contributed by atoms with E-state index in [9.17, 15) is 9.59 Å². The lowest BCUT2D eigenvalue weighted by molar-refractivity contribution is -0.131. The first-order chi connectivity index (χ1) is 15.1. The molecule has 4 rings (SSSR count). The van der Waals surface area contributed by atoms with Crippen LogP contribution in [0.25, 0.3) is 28.5 Å². The molecule has 2 aromatic carbocycles. The van der Waals surface area contributed by atoms with Crippen LogP contribution < -0.4 is 0 Å². The van der Waals surface area contributed by atoms with Crippen molar-refractivity contribution in [1.29, 1.82) is 0 Å². The molecule has 4 aromatic rings. The van der Waals surface area contributed by atoms with Gasteiger partial charge in [-0.3, -0.25) is 0 Å². The van der Waals surface area contributed by atoms with Crippen LogP contribution in [0.5, 0.6) is 0 Å². The van der Waals surface area contributed by atoms with Crippen molar-refractivity contribution in [2.45, 2.75) is 6.61 Å². The quantitative estimate of drug-likeness (QED) is 0.376. The summed E-state index contributed by atoms with van der Waals surface area (Å²) in [6.45, 7) is 0.111. The molecular weight excluding hydrogens is 394 g/mol. The van der Waals surface area contributed by atoms with Gasteiger partial charge in [-0.05, 0) is 29.3 Å². The van der Waals surface area contributed by atoms with Crippen molar-refractivity contribution in [2.24, 2.45) is 0 Å². The molecule has 0 aliphatic carbocycles. The van der Waals surface area contributed by atoms with Crippen molar-refractivity contribution in [2.75, 3.05) is 0 Å². The number of nitrogens with zero attached hydrogens (tertiary/aromatic N) is 3. The van der Waals surface area contributed by atoms with Gasteiger partial charge >= 0.3 is 11.9 Å². The highest BCUT2D eigenvalue weighted by molar-refractivity contribution is 5.96. The van der Waals surface area contributed by atoms with Gasteiger partial charge in [-0.15, -0.1) is 0 Å². The largest absolute Gasteiger partial charge is 0.478 e. The fourth-order valence-corrected chi connectivity index (χ4v) is 2.95. The minimum absolute atomic E-state index is 0.0657. The Morgan fingerprint density at radius 3 is 2.45 bits per heavy atom. The highest BCUT2D eigenvalue weighted by atomic mass is 16.5. The third-order valence-electron chi connectivity index (χ3n) is 4.45. The van der Waals surface area contributed by atoms with E-state index >= 15 is 0 Å². The summed E-state index contributed by atoms with van der Waals surface area (Å²) in [5.74, 6) is -1.63. The third-order valence-corrected chi connectivity index (χ3v) is 4.45. The van der Waals surface area contributed by atoms with Gasteiger partial charge in [0.25, 0.3) is 0 Å². The molecule has 0 fully saturated rings. The van der Waals surface area contributed by atoms with E-state index < -0.39 is 11.9 Å². The molecule has 7 nitrogen and oxygen atoms in total. The number of carboxylic acids is 1. The molecule has 0 saturated carbocycles. The van der Waals surface area contributed by atoms with Crippen LogP contribution in [0.2, 0.25) is 0 Å². The molecule has 0 atom stereocenters. The van der Waals surface area contributed by atoms with Crippen molar-refractivity contribution in [3.63, 3.8) is 0 Å². The monoisotopic (exact) mass is 411 g/mol. The molecule has 0 amide bonds. The Bertz CT molecular complexity index is 1270. The Morgan fingerprint density at radius 1 is 0.935 bits per heavy atom. The van der Waals surface area contributed by atoms with Crippen molar-refractivity contribution >= 4 is 29.2 Å². The summed E-state index contributed by atoms with van der Waals surface area (Å²) >= 11 is 0. The van der Waals surface area contributed by atoms with E-state index in [4.69, 9.17) is 9.84 Å². The number of aromatic nitrogens is 3. The number of ether oxygens (including phenoxy) is 1. The zero-order chi connectivity index (χ0) is 21.6. The molecule has 1 N–H and O–H groups in total. The Labute approximate surface area is 177 Å². The fourth-order valence-electron chi connectivity index (χ4n) is 2.95. The number of hydrogen-bond acceptors (Lipinski definition) is 6. The standard InChI is InChI=1S/C24H17N3O4/c28-20(29)13-10-16-8-11-18(12-9-16)21-22(27-23-19(26-21)7-4-14-25-23)24(30)31-15-17-5-2-1-3-6-17/h1-14H,15H2,(H,28,29). The van der Waals surface area contributed by atoms with Crippen molar-refractivity contribution in [1.82, 2.24) is 15.0 Å². The Kier molecular flexibility index (Phi) is 5.75. The maximum absolute atomic E-state index is 12.9. The number of benzene rings is 2. The summed E-state index contributed by atoms with van der Waals surface area (Å²) in [4.78, 5) is 36.8. The lowest BCUT2D eigenvalue weighted by Gasteiger charge is -2.10. The van der Waals surface area contributed by atoms with Gasteiger partial charge in [0.1, 0.15) is 17.8 Å². The molecule has 7 heteroatoms. The normalized spacial score (nSPS) is 11.0. The van der Waals surface area contributed by atoms with Gasteiger partial charge in [0.15, 0.2) is 11.3 Å². The highest BCUT2D eigenvalue weighted by Crippen LogP contribution is 2.24. The van der Waals surface area contributed by atoms with Gasteiger partial charge < -0.3 is 9.84 Å². The molecule has 0 radical (unpaired) electrons. The van der Waals surface area contributed by atoms with E-state index in [1.54, 1.807) is 42.6 Å². The third kappa shape index (κ3) is 4.79. The topological polar surface area (TPSA) is 102 Å². The SMILES string of the molecule is O=C(O)C=Cc1ccc(-c2nc3cccnc3nc2C(=O)OCc2ccccc2)cc1. The highest BCUT2D eigenvalue weighted by Gasteiger charge is 2.20. The lowest BCUT2D eigenvalue weighted by atomic mass is 10.1. The second kappa shape index (κ2) is 8.96. The predicted octanol–water partition coefficient (Wildman–Crippen LogP) is 4.15. The van der Waals surface area contributed by atoms with Gasteiger partial charge in [0, 0.05) is 17.8 Å². The maximum atomic E-state index is 12.9. The molecule has 31 heavy (non-hydrogen) atoms. The summed E-state index contributed by atoms with van der Waals surface area (Å²) in [6.07, 6.45) is 4.12. The summed E-state index contributed by atoms with van der Waals surface area (Å²) < 4.78 is 5.47. The number of pyridine rings is 1. The van der Waals surface area contributed by atoms with Gasteiger partial charge in [0.05, 0.1) is 0 Å². The van der Waals surface area contributed by atoms with Crippen LogP contribution >= 0.6 is 0 Å². The molecule has 0 spiro atoms. The first kappa shape index (κ1) is 19.9. The Morgan fingerprint density at radius 2 is 1.71 bits per heavy atom. The first-order valence-electron chi connectivity index (χ1n) is 9.45. The Balaban J connectivity index is 1.69. The fraction of sp³-hybridized carbons (Fsp3) is 0.0417. The van der Waals surface area contributed by atoms with E-state index in [1.165, 1.54) is 6.08 Å². The van der Waals surface area contributed by atoms with Crippen molar-refractivity contribution in [3.05, 3.63) is 95.8 Å². The molecule has 2 heterocycles. The van der Waals surface area contributed by atoms with Crippen LogP contribution in [0.15, 0.2) is 79.0 Å². The number of carbonyl (C=O) groups excluding carboxylic acids is 1. The van der Waals surface area contributed by atoms with Crippen LogP contribution in [0.3, 0.4) is 0 Å². The van der Waals surface area contributed by atoms with E-state index in [-0.39, 0.29) is 12.3 Å². The number of rotatable bonds is 6. The van der Waals surface area contributed by atoms with Crippen LogP contribution in [0, 0.1) is 0 Å². The molecule has 0 aliphatic heterocycles. The average Bonchev–Trinajstić information content (AvgIpc) is 2.81.